The van der Waals surface area contributed by atoms with E-state index in [4.69, 9.17) is 10.7 Å². The summed E-state index contributed by atoms with van der Waals surface area (Å²) in [5, 5.41) is 23.2. The van der Waals surface area contributed by atoms with Crippen molar-refractivity contribution in [3.05, 3.63) is 82.4 Å². The van der Waals surface area contributed by atoms with Gasteiger partial charge in [0.1, 0.15) is 33.6 Å². The third-order valence-electron chi connectivity index (χ3n) is 5.13. The zero-order valence-electron chi connectivity index (χ0n) is 18.1. The minimum Gasteiger partial charge on any atom is -0.383 e. The Kier molecular flexibility index (Phi) is 7.04. The number of benzene rings is 2. The first-order valence-electron chi connectivity index (χ1n) is 10.5. The van der Waals surface area contributed by atoms with Gasteiger partial charge < -0.3 is 5.73 Å². The van der Waals surface area contributed by atoms with Crippen molar-refractivity contribution >= 4 is 28.9 Å². The quantitative estimate of drug-likeness (QED) is 0.314. The van der Waals surface area contributed by atoms with E-state index >= 15 is 0 Å². The van der Waals surface area contributed by atoms with E-state index in [1.807, 2.05) is 60.0 Å². The number of nitrogens with two attached hydrogens (primary N) is 1. The molecule has 0 atom stereocenters. The summed E-state index contributed by atoms with van der Waals surface area (Å²) >= 11 is 2.99. The maximum Gasteiger partial charge on any atom is 0.143 e. The molecule has 4 rings (SSSR count). The lowest BCUT2D eigenvalue weighted by molar-refractivity contribution is 0.922. The van der Waals surface area contributed by atoms with Crippen LogP contribution in [0, 0.1) is 22.7 Å². The third kappa shape index (κ3) is 4.90. The van der Waals surface area contributed by atoms with Crippen LogP contribution in [0.15, 0.2) is 65.0 Å². The van der Waals surface area contributed by atoms with Crippen LogP contribution in [0.4, 0.5) is 5.82 Å². The van der Waals surface area contributed by atoms with Crippen LogP contribution in [0.25, 0.3) is 21.7 Å². The van der Waals surface area contributed by atoms with Gasteiger partial charge in [0.05, 0.1) is 11.3 Å². The van der Waals surface area contributed by atoms with Crippen LogP contribution in [0.1, 0.15) is 35.7 Å². The number of pyridine rings is 1. The number of thiazole rings is 1. The molecular weight excluding hydrogens is 446 g/mol. The van der Waals surface area contributed by atoms with Gasteiger partial charge >= 0.3 is 0 Å². The largest absolute Gasteiger partial charge is 0.383 e. The molecule has 5 nitrogen and oxygen atoms in total. The van der Waals surface area contributed by atoms with Crippen LogP contribution in [0.3, 0.4) is 0 Å². The number of rotatable bonds is 7. The van der Waals surface area contributed by atoms with Gasteiger partial charge in [-0.05, 0) is 17.5 Å². The normalized spacial score (nSPS) is 10.5. The standard InChI is InChI=1S/C26H21N5S2/c1-2-6-17-9-11-18(12-10-17)23-21(13-27)24(29)31-26(22(23)14-28)33-16-20-15-32-25(30-20)19-7-4-3-5-8-19/h3-5,7-12,15H,2,6,16H2,1H3,(H2,29,31). The molecule has 2 aromatic carbocycles. The van der Waals surface area contributed by atoms with E-state index in [-0.39, 0.29) is 11.4 Å². The van der Waals surface area contributed by atoms with E-state index in [1.165, 1.54) is 17.3 Å². The Balaban J connectivity index is 1.66. The van der Waals surface area contributed by atoms with Crippen molar-refractivity contribution in [1.29, 1.82) is 10.5 Å². The molecule has 33 heavy (non-hydrogen) atoms. The van der Waals surface area contributed by atoms with Crippen LogP contribution in [0.2, 0.25) is 0 Å². The summed E-state index contributed by atoms with van der Waals surface area (Å²) in [6.07, 6.45) is 2.03. The molecular formula is C26H21N5S2. The van der Waals surface area contributed by atoms with Crippen LogP contribution in [0.5, 0.6) is 0 Å². The average Bonchev–Trinajstić information content (AvgIpc) is 3.33. The molecule has 162 valence electrons. The van der Waals surface area contributed by atoms with E-state index in [0.717, 1.165) is 34.7 Å². The zero-order chi connectivity index (χ0) is 23.2. The van der Waals surface area contributed by atoms with Gasteiger partial charge in [0.15, 0.2) is 0 Å². The second kappa shape index (κ2) is 10.3. The molecule has 0 fully saturated rings. The van der Waals surface area contributed by atoms with Crippen molar-refractivity contribution in [2.24, 2.45) is 0 Å². The third-order valence-corrected chi connectivity index (χ3v) is 7.08. The van der Waals surface area contributed by atoms with Crippen molar-refractivity contribution in [2.45, 2.75) is 30.5 Å². The van der Waals surface area contributed by atoms with Crippen molar-refractivity contribution in [2.75, 3.05) is 5.73 Å². The molecule has 0 saturated heterocycles. The highest BCUT2D eigenvalue weighted by atomic mass is 32.2. The molecule has 4 aromatic rings. The van der Waals surface area contributed by atoms with Gasteiger partial charge in [-0.3, -0.25) is 0 Å². The fourth-order valence-corrected chi connectivity index (χ4v) is 5.37. The number of aryl methyl sites for hydroxylation is 1. The minimum atomic E-state index is 0.134. The monoisotopic (exact) mass is 467 g/mol. The molecule has 0 amide bonds. The summed E-state index contributed by atoms with van der Waals surface area (Å²) in [6.45, 7) is 2.13. The molecule has 0 bridgehead atoms. The summed E-state index contributed by atoms with van der Waals surface area (Å²) in [5.74, 6) is 0.681. The number of nitrogens with zero attached hydrogens (tertiary/aromatic N) is 4. The number of anilines is 1. The van der Waals surface area contributed by atoms with E-state index in [2.05, 4.69) is 24.0 Å². The molecule has 0 saturated carbocycles. The smallest absolute Gasteiger partial charge is 0.143 e. The molecule has 2 aromatic heterocycles. The van der Waals surface area contributed by atoms with Crippen LogP contribution < -0.4 is 5.73 Å². The van der Waals surface area contributed by atoms with Crippen molar-refractivity contribution in [1.82, 2.24) is 9.97 Å². The molecule has 0 aliphatic rings. The van der Waals surface area contributed by atoms with Gasteiger partial charge in [0, 0.05) is 22.3 Å². The highest BCUT2D eigenvalue weighted by Crippen LogP contribution is 2.37. The lowest BCUT2D eigenvalue weighted by atomic mass is 9.95. The topological polar surface area (TPSA) is 99.4 Å². The number of hydrogen-bond donors (Lipinski definition) is 1. The number of thioether (sulfide) groups is 1. The second-order valence-electron chi connectivity index (χ2n) is 7.40. The van der Waals surface area contributed by atoms with Crippen LogP contribution >= 0.6 is 23.1 Å². The molecule has 2 N–H and O–H groups in total. The fourth-order valence-electron chi connectivity index (χ4n) is 3.55. The van der Waals surface area contributed by atoms with Crippen LogP contribution in [-0.2, 0) is 12.2 Å². The van der Waals surface area contributed by atoms with E-state index in [0.29, 0.717) is 21.9 Å². The SMILES string of the molecule is CCCc1ccc(-c2c(C#N)c(N)nc(SCc3csc(-c4ccccc4)n3)c2C#N)cc1. The minimum absolute atomic E-state index is 0.134. The summed E-state index contributed by atoms with van der Waals surface area (Å²) in [7, 11) is 0. The van der Waals surface area contributed by atoms with Gasteiger partial charge in [-0.15, -0.1) is 11.3 Å². The van der Waals surface area contributed by atoms with Gasteiger partial charge in [-0.25, -0.2) is 9.97 Å². The molecule has 0 aliphatic carbocycles. The highest BCUT2D eigenvalue weighted by molar-refractivity contribution is 7.98. The lowest BCUT2D eigenvalue weighted by Gasteiger charge is -2.13. The molecule has 0 spiro atoms. The molecule has 2 heterocycles. The summed E-state index contributed by atoms with van der Waals surface area (Å²) in [5.41, 5.74) is 11.3. The molecule has 0 unspecified atom stereocenters. The average molecular weight is 468 g/mol. The molecule has 7 heteroatoms. The number of aromatic nitrogens is 2. The van der Waals surface area contributed by atoms with Gasteiger partial charge in [-0.2, -0.15) is 10.5 Å². The zero-order valence-corrected chi connectivity index (χ0v) is 19.7. The first kappa shape index (κ1) is 22.5. The van der Waals surface area contributed by atoms with Crippen molar-refractivity contribution in [3.8, 4) is 33.8 Å². The van der Waals surface area contributed by atoms with Crippen LogP contribution in [-0.4, -0.2) is 9.97 Å². The first-order valence-corrected chi connectivity index (χ1v) is 12.4. The Morgan fingerprint density at radius 3 is 2.33 bits per heavy atom. The summed E-state index contributed by atoms with van der Waals surface area (Å²) < 4.78 is 0. The van der Waals surface area contributed by atoms with Gasteiger partial charge in [-0.1, -0.05) is 79.7 Å². The predicted molar refractivity (Wildman–Crippen MR) is 135 cm³/mol. The Hall–Kier alpha value is -3.65. The highest BCUT2D eigenvalue weighted by Gasteiger charge is 2.21. The first-order chi connectivity index (χ1) is 16.1. The Labute approximate surface area is 201 Å². The van der Waals surface area contributed by atoms with E-state index in [1.54, 1.807) is 11.3 Å². The second-order valence-corrected chi connectivity index (χ2v) is 9.22. The maximum absolute atomic E-state index is 9.99. The Morgan fingerprint density at radius 1 is 0.939 bits per heavy atom. The predicted octanol–water partition coefficient (Wildman–Crippen LogP) is 6.44. The summed E-state index contributed by atoms with van der Waals surface area (Å²) in [6, 6.07) is 22.4. The van der Waals surface area contributed by atoms with Gasteiger partial charge in [0.2, 0.25) is 0 Å². The molecule has 0 radical (unpaired) electrons. The molecule has 0 aliphatic heterocycles. The Morgan fingerprint density at radius 2 is 1.67 bits per heavy atom. The fraction of sp³-hybridized carbons (Fsp3) is 0.154. The maximum atomic E-state index is 9.99. The summed E-state index contributed by atoms with van der Waals surface area (Å²) in [4.78, 5) is 9.12. The van der Waals surface area contributed by atoms with Gasteiger partial charge in [0.25, 0.3) is 0 Å². The number of hydrogen-bond acceptors (Lipinski definition) is 7. The van der Waals surface area contributed by atoms with Crippen molar-refractivity contribution in [3.63, 3.8) is 0 Å². The number of nitrogen functional groups attached to an aromatic ring is 1. The lowest BCUT2D eigenvalue weighted by Crippen LogP contribution is -2.03. The Bertz CT molecular complexity index is 1350. The van der Waals surface area contributed by atoms with E-state index in [9.17, 15) is 10.5 Å². The van der Waals surface area contributed by atoms with E-state index < -0.39 is 0 Å². The van der Waals surface area contributed by atoms with Crippen molar-refractivity contribution < 1.29 is 0 Å². The number of nitriles is 2.